The van der Waals surface area contributed by atoms with Gasteiger partial charge in [-0.15, -0.1) is 0 Å². The fourth-order valence-electron chi connectivity index (χ4n) is 1.02. The van der Waals surface area contributed by atoms with E-state index < -0.39 is 43.4 Å². The van der Waals surface area contributed by atoms with Crippen LogP contribution in [0.4, 0.5) is 4.39 Å². The summed E-state index contributed by atoms with van der Waals surface area (Å²) in [7, 11) is 0. The third kappa shape index (κ3) is 6.07. The molecule has 0 aromatic carbocycles. The molecule has 0 aliphatic heterocycles. The van der Waals surface area contributed by atoms with Crippen molar-refractivity contribution in [2.24, 2.45) is 0 Å². The van der Waals surface area contributed by atoms with Crippen molar-refractivity contribution in [1.82, 2.24) is 9.97 Å². The first-order valence-corrected chi connectivity index (χ1v) is 24.9. The third-order valence-electron chi connectivity index (χ3n) is 1.49. The zero-order valence-electron chi connectivity index (χ0n) is 11.2. The van der Waals surface area contributed by atoms with Crippen molar-refractivity contribution >= 4 is 37.6 Å². The van der Waals surface area contributed by atoms with E-state index in [0.29, 0.717) is 0 Å². The maximum absolute atomic E-state index is 13.5. The summed E-state index contributed by atoms with van der Waals surface area (Å²) in [5, 5.41) is 0. The van der Waals surface area contributed by atoms with E-state index in [1.54, 1.807) is 0 Å². The Morgan fingerprint density at radius 2 is 1.53 bits per heavy atom. The molecule has 0 N–H and O–H groups in total. The predicted octanol–water partition coefficient (Wildman–Crippen LogP) is 3.04. The monoisotopic (exact) mass is 458 g/mol. The van der Waals surface area contributed by atoms with Crippen LogP contribution in [0, 0.1) is 5.82 Å². The van der Waals surface area contributed by atoms with Crippen LogP contribution in [0.3, 0.4) is 0 Å². The molecule has 4 nitrogen and oxygen atoms in total. The van der Waals surface area contributed by atoms with Crippen LogP contribution < -0.4 is 6.15 Å². The van der Waals surface area contributed by atoms with Crippen LogP contribution in [0.25, 0.3) is 0 Å². The number of hydrogen-bond acceptors (Lipinski definition) is 4. The number of nitrogens with zero attached hydrogens (tertiary/aromatic N) is 2. The molecule has 0 aliphatic carbocycles. The van der Waals surface area contributed by atoms with Gasteiger partial charge in [-0.25, -0.2) is 0 Å². The Kier molecular flexibility index (Phi) is 4.90. The quantitative estimate of drug-likeness (QED) is 0.655. The molecule has 0 spiro atoms. The van der Waals surface area contributed by atoms with Crippen molar-refractivity contribution in [2.45, 2.75) is 29.6 Å². The molecule has 1 rings (SSSR count). The first kappa shape index (κ1) is 15.3. The fourth-order valence-corrected chi connectivity index (χ4v) is 4.93. The van der Waals surface area contributed by atoms with Crippen LogP contribution in [0.2, 0.25) is 29.6 Å². The Morgan fingerprint density at radius 3 is 2.00 bits per heavy atom. The second kappa shape index (κ2) is 5.46. The molecule has 1 aromatic rings. The Balaban J connectivity index is 2.95. The van der Waals surface area contributed by atoms with Crippen molar-refractivity contribution in [2.75, 3.05) is 0 Å². The molecular weight excluding hydrogens is 437 g/mol. The van der Waals surface area contributed by atoms with Gasteiger partial charge in [-0.2, -0.15) is 0 Å². The first-order chi connectivity index (χ1) is 7.57. The number of halogens is 1. The predicted molar refractivity (Wildman–Crippen MR) is 69.9 cm³/mol. The molecule has 0 fully saturated rings. The van der Waals surface area contributed by atoms with Gasteiger partial charge in [-0.3, -0.25) is 0 Å². The van der Waals surface area contributed by atoms with Crippen molar-refractivity contribution in [3.8, 4) is 11.9 Å². The molecule has 1 aromatic heterocycles. The molecule has 0 radical (unpaired) electrons. The van der Waals surface area contributed by atoms with Gasteiger partial charge < -0.3 is 0 Å². The summed E-state index contributed by atoms with van der Waals surface area (Å²) in [6.45, 7) is 0. The van der Waals surface area contributed by atoms with Crippen LogP contribution in [0.15, 0.2) is 6.20 Å². The molecule has 17 heavy (non-hydrogen) atoms. The average molecular weight is 456 g/mol. The van der Waals surface area contributed by atoms with Gasteiger partial charge in [0.1, 0.15) is 0 Å². The average Bonchev–Trinajstić information content (AvgIpc) is 2.05. The van der Waals surface area contributed by atoms with E-state index >= 15 is 0 Å². The summed E-state index contributed by atoms with van der Waals surface area (Å²) in [6, 6.07) is 0.236. The Labute approximate surface area is 111 Å². The molecule has 0 amide bonds. The summed E-state index contributed by atoms with van der Waals surface area (Å²) in [5.41, 5.74) is 0. The molecular formula is C10H19FN2O2Sn2. The van der Waals surface area contributed by atoms with E-state index in [-0.39, 0.29) is 11.9 Å². The van der Waals surface area contributed by atoms with Crippen molar-refractivity contribution in [3.05, 3.63) is 12.0 Å². The van der Waals surface area contributed by atoms with Crippen molar-refractivity contribution in [3.63, 3.8) is 0 Å². The van der Waals surface area contributed by atoms with E-state index in [4.69, 9.17) is 6.15 Å². The van der Waals surface area contributed by atoms with Gasteiger partial charge in [-0.1, -0.05) is 0 Å². The first-order valence-electron chi connectivity index (χ1n) is 5.47. The van der Waals surface area contributed by atoms with Crippen LogP contribution in [-0.2, 0) is 0 Å². The Morgan fingerprint density at radius 1 is 1.00 bits per heavy atom. The van der Waals surface area contributed by atoms with E-state index in [1.807, 2.05) is 14.8 Å². The molecule has 0 atom stereocenters. The summed E-state index contributed by atoms with van der Waals surface area (Å²) < 4.78 is 24.8. The third-order valence-corrected chi connectivity index (χ3v) is 6.06. The standard InChI is InChI=1S/C4H3FN2O2.6CH3.2Sn/c5-2-1-6-4(9)7-3(2)8;;;;;;;;/h1H,(H2,6,7,8,9);6*1H3;;/q;;;;;;;2*+1/p-2. The summed E-state index contributed by atoms with van der Waals surface area (Å²) in [5.74, 6) is -0.484. The molecule has 7 heteroatoms. The molecule has 1 heterocycles. The minimum absolute atomic E-state index is 0.0360. The van der Waals surface area contributed by atoms with Gasteiger partial charge in [0, 0.05) is 0 Å². The Hall–Kier alpha value is 0.207. The van der Waals surface area contributed by atoms with Gasteiger partial charge in [-0.05, 0) is 0 Å². The normalized spacial score (nSPS) is 12.4. The van der Waals surface area contributed by atoms with Crippen LogP contribution in [0.1, 0.15) is 0 Å². The summed E-state index contributed by atoms with van der Waals surface area (Å²) in [4.78, 5) is 20.2. The SMILES string of the molecule is [CH3][Sn]([CH3])([CH3])[O]c1ncc(F)c([O][Sn]([CH3])([CH3])[CH3])n1. The van der Waals surface area contributed by atoms with Gasteiger partial charge in [0.25, 0.3) is 0 Å². The summed E-state index contributed by atoms with van der Waals surface area (Å²) in [6.07, 6.45) is 1.12. The molecule has 96 valence electrons. The maximum atomic E-state index is 13.5. The molecule has 0 saturated heterocycles. The van der Waals surface area contributed by atoms with E-state index in [9.17, 15) is 4.39 Å². The van der Waals surface area contributed by atoms with E-state index in [2.05, 4.69) is 24.8 Å². The molecule has 0 unspecified atom stereocenters. The van der Waals surface area contributed by atoms with Crippen LogP contribution >= 0.6 is 0 Å². The zero-order chi connectivity index (χ0) is 13.3. The number of rotatable bonds is 4. The molecule has 0 aliphatic rings. The van der Waals surface area contributed by atoms with Crippen molar-refractivity contribution in [1.29, 1.82) is 0 Å². The summed E-state index contributed by atoms with van der Waals surface area (Å²) >= 11 is -5.07. The van der Waals surface area contributed by atoms with Crippen LogP contribution in [0.5, 0.6) is 11.9 Å². The topological polar surface area (TPSA) is 44.2 Å². The van der Waals surface area contributed by atoms with Crippen LogP contribution in [-0.4, -0.2) is 47.6 Å². The van der Waals surface area contributed by atoms with Gasteiger partial charge >= 0.3 is 112 Å². The van der Waals surface area contributed by atoms with Gasteiger partial charge in [0.2, 0.25) is 0 Å². The molecule has 0 bridgehead atoms. The number of hydrogen-bond donors (Lipinski definition) is 0. The fraction of sp³-hybridized carbons (Fsp3) is 0.600. The second-order valence-electron chi connectivity index (χ2n) is 5.73. The minimum atomic E-state index is -2.58. The van der Waals surface area contributed by atoms with Crippen molar-refractivity contribution < 1.29 is 10.5 Å². The molecule has 0 saturated carbocycles. The second-order valence-corrected chi connectivity index (χ2v) is 31.0. The number of aromatic nitrogens is 2. The van der Waals surface area contributed by atoms with Gasteiger partial charge in [0.05, 0.1) is 0 Å². The zero-order valence-corrected chi connectivity index (χ0v) is 16.9. The van der Waals surface area contributed by atoms with E-state index in [0.717, 1.165) is 6.20 Å². The Bertz CT molecular complexity index is 402. The van der Waals surface area contributed by atoms with E-state index in [1.165, 1.54) is 0 Å². The van der Waals surface area contributed by atoms with Gasteiger partial charge in [0.15, 0.2) is 0 Å².